The highest BCUT2D eigenvalue weighted by molar-refractivity contribution is 6.07. The number of nitrogen functional groups attached to an aromatic ring is 1. The Morgan fingerprint density at radius 2 is 1.68 bits per heavy atom. The molecule has 0 spiro atoms. The summed E-state index contributed by atoms with van der Waals surface area (Å²) in [7, 11) is 1.92. The van der Waals surface area contributed by atoms with Crippen molar-refractivity contribution in [2.75, 3.05) is 26.0 Å². The zero-order chi connectivity index (χ0) is 30.5. The predicted octanol–water partition coefficient (Wildman–Crippen LogP) is 7.01. The van der Waals surface area contributed by atoms with Crippen LogP contribution in [-0.2, 0) is 13.2 Å². The van der Waals surface area contributed by atoms with Crippen molar-refractivity contribution in [1.29, 1.82) is 0 Å². The highest BCUT2D eigenvalue weighted by Crippen LogP contribution is 2.32. The number of imidazole rings is 1. The molecule has 0 fully saturated rings. The summed E-state index contributed by atoms with van der Waals surface area (Å²) in [5, 5.41) is 16.8. The second-order valence-electron chi connectivity index (χ2n) is 8.82. The largest absolute Gasteiger partial charge is 0.388 e. The van der Waals surface area contributed by atoms with Crippen LogP contribution in [0.15, 0.2) is 42.7 Å². The zero-order valence-electron chi connectivity index (χ0n) is 26.7. The molecule has 0 saturated heterocycles. The molecule has 1 aromatic carbocycles. The molecule has 5 N–H and O–H groups in total. The first-order valence-electron chi connectivity index (χ1n) is 14.9. The minimum atomic E-state index is -0.125. The Kier molecular flexibility index (Phi) is 20.0. The minimum absolute atomic E-state index is 0.125. The van der Waals surface area contributed by atoms with E-state index >= 15 is 0 Å². The van der Waals surface area contributed by atoms with E-state index in [0.29, 0.717) is 23.1 Å². The van der Waals surface area contributed by atoms with E-state index in [1.54, 1.807) is 6.20 Å². The van der Waals surface area contributed by atoms with Gasteiger partial charge < -0.3 is 26.0 Å². The quantitative estimate of drug-likeness (QED) is 0.137. The minimum Gasteiger partial charge on any atom is -0.388 e. The summed E-state index contributed by atoms with van der Waals surface area (Å²) in [6.07, 6.45) is 5.89. The summed E-state index contributed by atoms with van der Waals surface area (Å²) in [6, 6.07) is 10.1. The number of aromatic nitrogens is 4. The lowest BCUT2D eigenvalue weighted by Gasteiger charge is -2.14. The van der Waals surface area contributed by atoms with Crippen molar-refractivity contribution in [2.45, 2.75) is 88.3 Å². The van der Waals surface area contributed by atoms with E-state index in [2.05, 4.69) is 76.9 Å². The number of aliphatic hydroxyl groups excluding tert-OH is 1. The summed E-state index contributed by atoms with van der Waals surface area (Å²) in [6.45, 7) is 21.3. The van der Waals surface area contributed by atoms with Gasteiger partial charge >= 0.3 is 0 Å². The molecule has 0 bridgehead atoms. The molecule has 0 aliphatic carbocycles. The molecule has 0 aliphatic rings. The van der Waals surface area contributed by atoms with Gasteiger partial charge in [0.2, 0.25) is 0 Å². The highest BCUT2D eigenvalue weighted by atomic mass is 16.3. The van der Waals surface area contributed by atoms with Crippen LogP contribution in [0, 0.1) is 5.92 Å². The first-order valence-corrected chi connectivity index (χ1v) is 14.9. The maximum absolute atomic E-state index is 9.81. The first kappa shape index (κ1) is 36.9. The lowest BCUT2D eigenvalue weighted by molar-refractivity contribution is 0.263. The summed E-state index contributed by atoms with van der Waals surface area (Å²) >= 11 is 0. The number of hydrogen-bond acceptors (Lipinski definition) is 7. The number of benzene rings is 1. The molecule has 40 heavy (non-hydrogen) atoms. The van der Waals surface area contributed by atoms with Crippen molar-refractivity contribution in [3.63, 3.8) is 0 Å². The molecule has 8 heteroatoms. The second kappa shape index (κ2) is 21.7. The fourth-order valence-electron chi connectivity index (χ4n) is 3.68. The fraction of sp³-hybridized carbons (Fsp3) is 0.531. The third-order valence-electron chi connectivity index (χ3n) is 5.66. The van der Waals surface area contributed by atoms with Crippen LogP contribution in [0.5, 0.6) is 0 Å². The van der Waals surface area contributed by atoms with Gasteiger partial charge in [-0.25, -0.2) is 9.97 Å². The smallest absolute Gasteiger partial charge is 0.152 e. The number of nitrogens with two attached hydrogens (primary N) is 1. The van der Waals surface area contributed by atoms with Gasteiger partial charge in [-0.3, -0.25) is 4.98 Å². The molecule has 4 aromatic rings. The van der Waals surface area contributed by atoms with E-state index in [-0.39, 0.29) is 6.61 Å². The molecular formula is C32H55N7O. The molecule has 1 unspecified atom stereocenters. The van der Waals surface area contributed by atoms with Gasteiger partial charge in [0, 0.05) is 36.6 Å². The number of anilines is 1. The van der Waals surface area contributed by atoms with E-state index in [1.807, 2.05) is 59.1 Å². The second-order valence-corrected chi connectivity index (χ2v) is 8.82. The standard InChI is InChI=1S/C21H23N5O.C4H12N2.C3H8.2C2H6/c1-3-13(2)11-26-18(12-27)25-19-20(26)16-7-6-14(9-17(16)24-21(19)22)15-5-4-8-23-10-15;1-3-6-4-5-2;1-3-2;2*1-2/h4-10,13,27H,3,11-12H2,1-2H3,(H2,22,24);5-6H,3-4H2,1-2H3;3H2,1-2H3;2*1-2H3. The van der Waals surface area contributed by atoms with Crippen LogP contribution in [0.4, 0.5) is 5.82 Å². The molecule has 0 amide bonds. The van der Waals surface area contributed by atoms with E-state index in [1.165, 1.54) is 6.42 Å². The van der Waals surface area contributed by atoms with Gasteiger partial charge in [-0.15, -0.1) is 0 Å². The maximum Gasteiger partial charge on any atom is 0.152 e. The van der Waals surface area contributed by atoms with Gasteiger partial charge in [0.05, 0.1) is 11.0 Å². The van der Waals surface area contributed by atoms with Gasteiger partial charge in [-0.05, 0) is 37.2 Å². The molecule has 0 aliphatic heterocycles. The molecule has 1 atom stereocenters. The zero-order valence-corrected chi connectivity index (χ0v) is 26.7. The van der Waals surface area contributed by atoms with Crippen molar-refractivity contribution in [3.05, 3.63) is 48.5 Å². The highest BCUT2D eigenvalue weighted by Gasteiger charge is 2.18. The number of pyridine rings is 2. The predicted molar refractivity (Wildman–Crippen MR) is 174 cm³/mol. The van der Waals surface area contributed by atoms with Gasteiger partial charge in [0.15, 0.2) is 5.82 Å². The van der Waals surface area contributed by atoms with Crippen molar-refractivity contribution < 1.29 is 5.11 Å². The monoisotopic (exact) mass is 553 g/mol. The molecule has 224 valence electrons. The van der Waals surface area contributed by atoms with Gasteiger partial charge in [0.1, 0.15) is 17.9 Å². The average molecular weight is 554 g/mol. The normalized spacial score (nSPS) is 10.7. The van der Waals surface area contributed by atoms with E-state index in [4.69, 9.17) is 5.73 Å². The number of nitrogens with one attached hydrogen (secondary N) is 2. The van der Waals surface area contributed by atoms with Gasteiger partial charge in [0.25, 0.3) is 0 Å². The molecule has 4 rings (SSSR count). The number of rotatable bonds is 8. The molecular weight excluding hydrogens is 498 g/mol. The van der Waals surface area contributed by atoms with Crippen LogP contribution in [0.25, 0.3) is 33.1 Å². The van der Waals surface area contributed by atoms with Crippen LogP contribution >= 0.6 is 0 Å². The molecule has 0 radical (unpaired) electrons. The van der Waals surface area contributed by atoms with Crippen LogP contribution in [-0.4, -0.2) is 44.9 Å². The summed E-state index contributed by atoms with van der Waals surface area (Å²) in [5.74, 6) is 1.48. The first-order chi connectivity index (χ1) is 19.4. The third kappa shape index (κ3) is 10.8. The lowest BCUT2D eigenvalue weighted by Crippen LogP contribution is -2.24. The number of aliphatic hydroxyl groups is 1. The summed E-state index contributed by atoms with van der Waals surface area (Å²) < 4.78 is 2.09. The van der Waals surface area contributed by atoms with Crippen LogP contribution < -0.4 is 16.4 Å². The Morgan fingerprint density at radius 3 is 2.17 bits per heavy atom. The Labute approximate surface area is 242 Å². The molecule has 8 nitrogen and oxygen atoms in total. The van der Waals surface area contributed by atoms with Crippen molar-refractivity contribution in [2.24, 2.45) is 5.92 Å². The Balaban J connectivity index is 0.000000999. The van der Waals surface area contributed by atoms with Gasteiger partial charge in [-0.2, -0.15) is 0 Å². The van der Waals surface area contributed by atoms with Crippen molar-refractivity contribution >= 4 is 27.8 Å². The number of hydrogen-bond donors (Lipinski definition) is 4. The van der Waals surface area contributed by atoms with E-state index < -0.39 is 0 Å². The molecule has 3 heterocycles. The van der Waals surface area contributed by atoms with Crippen molar-refractivity contribution in [3.8, 4) is 11.1 Å². The number of fused-ring (bicyclic) bond motifs is 3. The van der Waals surface area contributed by atoms with Crippen molar-refractivity contribution in [1.82, 2.24) is 30.2 Å². The molecule has 0 saturated carbocycles. The lowest BCUT2D eigenvalue weighted by atomic mass is 10.0. The van der Waals surface area contributed by atoms with Crippen LogP contribution in [0.3, 0.4) is 0 Å². The fourth-order valence-corrected chi connectivity index (χ4v) is 3.68. The van der Waals surface area contributed by atoms with E-state index in [0.717, 1.165) is 53.7 Å². The average Bonchev–Trinajstić information content (AvgIpc) is 3.38. The van der Waals surface area contributed by atoms with Crippen LogP contribution in [0.2, 0.25) is 0 Å². The SMILES string of the molecule is CC.CC.CCC.CCC(C)Cn1c(CO)nc2c(N)nc3cc(-c4cccnc4)ccc3c21.CCNCNC. The van der Waals surface area contributed by atoms with E-state index in [9.17, 15) is 5.11 Å². The van der Waals surface area contributed by atoms with Crippen LogP contribution in [0.1, 0.15) is 81.0 Å². The third-order valence-corrected chi connectivity index (χ3v) is 5.66. The topological polar surface area (TPSA) is 114 Å². The Bertz CT molecular complexity index is 1190. The molecule has 3 aromatic heterocycles. The Morgan fingerprint density at radius 1 is 1.00 bits per heavy atom. The number of nitrogens with zero attached hydrogens (tertiary/aromatic N) is 4. The maximum atomic E-state index is 9.81. The summed E-state index contributed by atoms with van der Waals surface area (Å²) in [4.78, 5) is 13.3. The summed E-state index contributed by atoms with van der Waals surface area (Å²) in [5.41, 5.74) is 10.7. The Hall–Kier alpha value is -3.07. The van der Waals surface area contributed by atoms with Gasteiger partial charge in [-0.1, -0.05) is 93.4 Å².